The summed E-state index contributed by atoms with van der Waals surface area (Å²) < 4.78 is 6.59. The molecule has 19 heavy (non-hydrogen) atoms. The first-order chi connectivity index (χ1) is 9.13. The standard InChI is InChI=1S/C15H16BrNO2/c1-3-17-15(18)10(2)19-13-9-8-11-6-4-5-7-12(11)14(13)16/h4-10H,3H2,1-2H3,(H,17,18). The summed E-state index contributed by atoms with van der Waals surface area (Å²) in [6.45, 7) is 4.23. The molecule has 3 nitrogen and oxygen atoms in total. The number of rotatable bonds is 4. The van der Waals surface area contributed by atoms with Crippen LogP contribution in [-0.4, -0.2) is 18.6 Å². The molecule has 0 spiro atoms. The van der Waals surface area contributed by atoms with E-state index in [9.17, 15) is 4.79 Å². The fourth-order valence-electron chi connectivity index (χ4n) is 1.87. The molecule has 1 amide bonds. The molecule has 0 saturated carbocycles. The van der Waals surface area contributed by atoms with Crippen LogP contribution in [0.5, 0.6) is 5.75 Å². The van der Waals surface area contributed by atoms with Gasteiger partial charge in [0.1, 0.15) is 5.75 Å². The molecule has 0 aliphatic rings. The Kier molecular flexibility index (Phi) is 4.43. The molecule has 1 atom stereocenters. The van der Waals surface area contributed by atoms with Crippen molar-refractivity contribution in [3.8, 4) is 5.75 Å². The second kappa shape index (κ2) is 6.06. The zero-order valence-corrected chi connectivity index (χ0v) is 12.5. The van der Waals surface area contributed by atoms with Gasteiger partial charge in [-0.25, -0.2) is 0 Å². The van der Waals surface area contributed by atoms with Crippen LogP contribution in [0, 0.1) is 0 Å². The van der Waals surface area contributed by atoms with Gasteiger partial charge < -0.3 is 10.1 Å². The van der Waals surface area contributed by atoms with Crippen LogP contribution in [0.4, 0.5) is 0 Å². The number of nitrogens with one attached hydrogen (secondary N) is 1. The van der Waals surface area contributed by atoms with Crippen molar-refractivity contribution in [2.45, 2.75) is 20.0 Å². The Morgan fingerprint density at radius 3 is 2.79 bits per heavy atom. The Bertz CT molecular complexity index is 598. The smallest absolute Gasteiger partial charge is 0.260 e. The molecule has 0 aromatic heterocycles. The van der Waals surface area contributed by atoms with Gasteiger partial charge in [-0.1, -0.05) is 30.3 Å². The van der Waals surface area contributed by atoms with Crippen molar-refractivity contribution in [1.82, 2.24) is 5.32 Å². The number of likely N-dealkylation sites (N-methyl/N-ethyl adjacent to an activating group) is 1. The molecular formula is C15H16BrNO2. The highest BCUT2D eigenvalue weighted by atomic mass is 79.9. The Hall–Kier alpha value is -1.55. The molecule has 4 heteroatoms. The van der Waals surface area contributed by atoms with Crippen LogP contribution < -0.4 is 10.1 Å². The number of amides is 1. The highest BCUT2D eigenvalue weighted by molar-refractivity contribution is 9.10. The van der Waals surface area contributed by atoms with E-state index < -0.39 is 6.10 Å². The van der Waals surface area contributed by atoms with Gasteiger partial charge in [-0.05, 0) is 46.6 Å². The number of hydrogen-bond acceptors (Lipinski definition) is 2. The highest BCUT2D eigenvalue weighted by Gasteiger charge is 2.15. The van der Waals surface area contributed by atoms with Gasteiger partial charge in [0, 0.05) is 6.54 Å². The summed E-state index contributed by atoms with van der Waals surface area (Å²) in [6.07, 6.45) is -0.516. The molecule has 100 valence electrons. The van der Waals surface area contributed by atoms with Gasteiger partial charge in [0.2, 0.25) is 0 Å². The maximum absolute atomic E-state index is 11.7. The predicted molar refractivity (Wildman–Crippen MR) is 80.4 cm³/mol. The molecule has 0 bridgehead atoms. The van der Waals surface area contributed by atoms with Crippen molar-refractivity contribution in [1.29, 1.82) is 0 Å². The van der Waals surface area contributed by atoms with E-state index in [1.54, 1.807) is 6.92 Å². The number of carbonyl (C=O) groups is 1. The number of ether oxygens (including phenoxy) is 1. The maximum atomic E-state index is 11.7. The lowest BCUT2D eigenvalue weighted by molar-refractivity contribution is -0.127. The summed E-state index contributed by atoms with van der Waals surface area (Å²) in [5, 5.41) is 4.95. The quantitative estimate of drug-likeness (QED) is 0.935. The van der Waals surface area contributed by atoms with E-state index in [1.807, 2.05) is 43.3 Å². The molecule has 2 aromatic rings. The van der Waals surface area contributed by atoms with Gasteiger partial charge in [-0.15, -0.1) is 0 Å². The topological polar surface area (TPSA) is 38.3 Å². The Morgan fingerprint density at radius 1 is 1.32 bits per heavy atom. The summed E-state index contributed by atoms with van der Waals surface area (Å²) in [6, 6.07) is 11.9. The van der Waals surface area contributed by atoms with E-state index in [1.165, 1.54) is 0 Å². The van der Waals surface area contributed by atoms with E-state index in [0.717, 1.165) is 15.2 Å². The van der Waals surface area contributed by atoms with Gasteiger partial charge in [0.15, 0.2) is 6.10 Å². The van der Waals surface area contributed by atoms with Gasteiger partial charge >= 0.3 is 0 Å². The van der Waals surface area contributed by atoms with Crippen molar-refractivity contribution < 1.29 is 9.53 Å². The zero-order valence-electron chi connectivity index (χ0n) is 10.9. The van der Waals surface area contributed by atoms with Gasteiger partial charge in [-0.2, -0.15) is 0 Å². The minimum Gasteiger partial charge on any atom is -0.480 e. The molecule has 0 aliphatic heterocycles. The Balaban J connectivity index is 2.26. The summed E-state index contributed by atoms with van der Waals surface area (Å²) in [5.74, 6) is 0.569. The summed E-state index contributed by atoms with van der Waals surface area (Å²) in [5.41, 5.74) is 0. The Morgan fingerprint density at radius 2 is 2.05 bits per heavy atom. The second-order valence-corrected chi connectivity index (χ2v) is 5.05. The van der Waals surface area contributed by atoms with Crippen molar-refractivity contribution in [3.05, 3.63) is 40.9 Å². The van der Waals surface area contributed by atoms with Crippen LogP contribution in [0.2, 0.25) is 0 Å². The van der Waals surface area contributed by atoms with Crippen LogP contribution in [0.3, 0.4) is 0 Å². The summed E-state index contributed by atoms with van der Waals surface area (Å²) in [7, 11) is 0. The zero-order chi connectivity index (χ0) is 13.8. The average Bonchev–Trinajstić information content (AvgIpc) is 2.42. The molecule has 1 N–H and O–H groups in total. The summed E-state index contributed by atoms with van der Waals surface area (Å²) in [4.78, 5) is 11.7. The van der Waals surface area contributed by atoms with Crippen molar-refractivity contribution >= 4 is 32.6 Å². The van der Waals surface area contributed by atoms with Crippen molar-refractivity contribution in [3.63, 3.8) is 0 Å². The van der Waals surface area contributed by atoms with Crippen LogP contribution in [-0.2, 0) is 4.79 Å². The van der Waals surface area contributed by atoms with Crippen LogP contribution in [0.1, 0.15) is 13.8 Å². The number of hydrogen-bond donors (Lipinski definition) is 1. The number of benzene rings is 2. The van der Waals surface area contributed by atoms with E-state index >= 15 is 0 Å². The SMILES string of the molecule is CCNC(=O)C(C)Oc1ccc2ccccc2c1Br. The van der Waals surface area contributed by atoms with Crippen molar-refractivity contribution in [2.24, 2.45) is 0 Å². The lowest BCUT2D eigenvalue weighted by atomic mass is 10.1. The highest BCUT2D eigenvalue weighted by Crippen LogP contribution is 2.33. The lowest BCUT2D eigenvalue weighted by Gasteiger charge is -2.16. The third kappa shape index (κ3) is 3.07. The van der Waals surface area contributed by atoms with Crippen LogP contribution >= 0.6 is 15.9 Å². The van der Waals surface area contributed by atoms with E-state index in [4.69, 9.17) is 4.74 Å². The molecule has 0 saturated heterocycles. The van der Waals surface area contributed by atoms with Gasteiger partial charge in [0.25, 0.3) is 5.91 Å². The minimum absolute atomic E-state index is 0.109. The molecule has 0 fully saturated rings. The third-order valence-electron chi connectivity index (χ3n) is 2.85. The molecule has 0 radical (unpaired) electrons. The second-order valence-electron chi connectivity index (χ2n) is 4.25. The normalized spacial score (nSPS) is 12.2. The first-order valence-corrected chi connectivity index (χ1v) is 7.04. The first-order valence-electron chi connectivity index (χ1n) is 6.25. The minimum atomic E-state index is -0.516. The predicted octanol–water partition coefficient (Wildman–Crippen LogP) is 3.51. The summed E-state index contributed by atoms with van der Waals surface area (Å²) >= 11 is 3.54. The maximum Gasteiger partial charge on any atom is 0.260 e. The number of halogens is 1. The molecule has 0 heterocycles. The Labute approximate surface area is 121 Å². The van der Waals surface area contributed by atoms with Crippen LogP contribution in [0.15, 0.2) is 40.9 Å². The molecule has 2 aromatic carbocycles. The third-order valence-corrected chi connectivity index (χ3v) is 3.67. The lowest BCUT2D eigenvalue weighted by Crippen LogP contribution is -2.36. The fourth-order valence-corrected chi connectivity index (χ4v) is 2.45. The average molecular weight is 322 g/mol. The number of fused-ring (bicyclic) bond motifs is 1. The fraction of sp³-hybridized carbons (Fsp3) is 0.267. The van der Waals surface area contributed by atoms with E-state index in [2.05, 4.69) is 21.2 Å². The van der Waals surface area contributed by atoms with E-state index in [-0.39, 0.29) is 5.91 Å². The molecular weight excluding hydrogens is 306 g/mol. The first kappa shape index (κ1) is 13.9. The van der Waals surface area contributed by atoms with Gasteiger partial charge in [0.05, 0.1) is 4.47 Å². The van der Waals surface area contributed by atoms with Crippen molar-refractivity contribution in [2.75, 3.05) is 6.54 Å². The van der Waals surface area contributed by atoms with E-state index in [0.29, 0.717) is 12.3 Å². The molecule has 0 aliphatic carbocycles. The largest absolute Gasteiger partial charge is 0.480 e. The van der Waals surface area contributed by atoms with Crippen LogP contribution in [0.25, 0.3) is 10.8 Å². The molecule has 2 rings (SSSR count). The molecule has 1 unspecified atom stereocenters. The number of carbonyl (C=O) groups excluding carboxylic acids is 1. The van der Waals surface area contributed by atoms with Gasteiger partial charge in [-0.3, -0.25) is 4.79 Å². The monoisotopic (exact) mass is 321 g/mol.